The van der Waals surface area contributed by atoms with Gasteiger partial charge < -0.3 is 14.8 Å². The number of rotatable bonds is 6. The molecule has 5 heteroatoms. The first-order valence-electron chi connectivity index (χ1n) is 6.79. The Balaban J connectivity index is 1.76. The highest BCUT2D eigenvalue weighted by Gasteiger charge is 2.10. The number of aryl methyl sites for hydroxylation is 1. The highest BCUT2D eigenvalue weighted by molar-refractivity contribution is 6.58. The molecule has 0 atom stereocenters. The van der Waals surface area contributed by atoms with Crippen LogP contribution in [0.4, 0.5) is 0 Å². The van der Waals surface area contributed by atoms with Crippen LogP contribution in [-0.4, -0.2) is 23.1 Å². The second-order valence-electron chi connectivity index (χ2n) is 4.76. The molecule has 0 spiro atoms. The van der Waals surface area contributed by atoms with Crippen LogP contribution in [0.15, 0.2) is 54.6 Å². The lowest BCUT2D eigenvalue weighted by atomic mass is 9.80. The summed E-state index contributed by atoms with van der Waals surface area (Å²) in [6.07, 6.45) is 0.864. The molecule has 108 valence electrons. The molecule has 0 unspecified atom stereocenters. The molecule has 0 bridgehead atoms. The van der Waals surface area contributed by atoms with E-state index in [9.17, 15) is 4.79 Å². The lowest BCUT2D eigenvalue weighted by Crippen LogP contribution is -2.29. The summed E-state index contributed by atoms with van der Waals surface area (Å²) in [5, 5.41) is 18.0. The summed E-state index contributed by atoms with van der Waals surface area (Å²) >= 11 is 0. The maximum Gasteiger partial charge on any atom is 0.488 e. The summed E-state index contributed by atoms with van der Waals surface area (Å²) in [7, 11) is -1.46. The predicted octanol–water partition coefficient (Wildman–Crippen LogP) is 1.04. The van der Waals surface area contributed by atoms with Gasteiger partial charge in [-0.15, -0.1) is 0 Å². The minimum atomic E-state index is -1.46. The van der Waals surface area contributed by atoms with Gasteiger partial charge in [0.25, 0.3) is 0 Å². The van der Waals surface area contributed by atoms with Gasteiger partial charge in [0, 0.05) is 6.42 Å². The van der Waals surface area contributed by atoms with Crippen molar-refractivity contribution in [1.82, 2.24) is 0 Å². The Kier molecular flexibility index (Phi) is 5.55. The van der Waals surface area contributed by atoms with Crippen LogP contribution in [0.2, 0.25) is 0 Å². The van der Waals surface area contributed by atoms with Gasteiger partial charge in [0.2, 0.25) is 0 Å². The lowest BCUT2D eigenvalue weighted by Gasteiger charge is -2.06. The molecule has 0 aliphatic rings. The monoisotopic (exact) mass is 284 g/mol. The van der Waals surface area contributed by atoms with Crippen LogP contribution in [0.5, 0.6) is 0 Å². The topological polar surface area (TPSA) is 66.8 Å². The van der Waals surface area contributed by atoms with Crippen molar-refractivity contribution < 1.29 is 19.6 Å². The highest BCUT2D eigenvalue weighted by atomic mass is 16.5. The second kappa shape index (κ2) is 7.62. The van der Waals surface area contributed by atoms with Crippen LogP contribution in [0.1, 0.15) is 17.5 Å². The summed E-state index contributed by atoms with van der Waals surface area (Å²) in [4.78, 5) is 11.7. The number of esters is 1. The van der Waals surface area contributed by atoms with E-state index in [4.69, 9.17) is 14.8 Å². The first-order valence-corrected chi connectivity index (χ1v) is 6.79. The number of hydrogen-bond acceptors (Lipinski definition) is 4. The van der Waals surface area contributed by atoms with E-state index in [1.165, 1.54) is 0 Å². The van der Waals surface area contributed by atoms with Crippen molar-refractivity contribution in [1.29, 1.82) is 0 Å². The molecule has 0 amide bonds. The van der Waals surface area contributed by atoms with Crippen LogP contribution >= 0.6 is 0 Å². The van der Waals surface area contributed by atoms with E-state index in [1.54, 1.807) is 24.3 Å². The fourth-order valence-electron chi connectivity index (χ4n) is 1.91. The first kappa shape index (κ1) is 15.3. The fraction of sp³-hybridized carbons (Fsp3) is 0.188. The zero-order chi connectivity index (χ0) is 15.1. The normalized spacial score (nSPS) is 10.2. The minimum absolute atomic E-state index is 0.245. The Morgan fingerprint density at radius 3 is 2.24 bits per heavy atom. The third-order valence-corrected chi connectivity index (χ3v) is 3.14. The van der Waals surface area contributed by atoms with E-state index < -0.39 is 7.12 Å². The van der Waals surface area contributed by atoms with E-state index in [2.05, 4.69) is 0 Å². The summed E-state index contributed by atoms with van der Waals surface area (Å²) in [5.41, 5.74) is 2.36. The van der Waals surface area contributed by atoms with Gasteiger partial charge in [-0.05, 0) is 23.0 Å². The molecule has 4 nitrogen and oxygen atoms in total. The Labute approximate surface area is 124 Å². The first-order chi connectivity index (χ1) is 10.1. The van der Waals surface area contributed by atoms with Crippen LogP contribution in [-0.2, 0) is 22.6 Å². The predicted molar refractivity (Wildman–Crippen MR) is 80.8 cm³/mol. The Hall–Kier alpha value is -2.11. The third kappa shape index (κ3) is 5.06. The van der Waals surface area contributed by atoms with Gasteiger partial charge in [0.15, 0.2) is 0 Å². The van der Waals surface area contributed by atoms with E-state index in [0.717, 1.165) is 11.1 Å². The smallest absolute Gasteiger partial charge is 0.461 e. The molecule has 2 rings (SSSR count). The summed E-state index contributed by atoms with van der Waals surface area (Å²) in [6, 6.07) is 16.4. The highest BCUT2D eigenvalue weighted by Crippen LogP contribution is 2.05. The number of benzene rings is 2. The van der Waals surface area contributed by atoms with Crippen LogP contribution in [0.25, 0.3) is 0 Å². The van der Waals surface area contributed by atoms with Crippen molar-refractivity contribution in [3.63, 3.8) is 0 Å². The molecule has 0 aromatic heterocycles. The lowest BCUT2D eigenvalue weighted by molar-refractivity contribution is -0.144. The molecule has 0 saturated heterocycles. The molecule has 2 aromatic carbocycles. The van der Waals surface area contributed by atoms with Crippen molar-refractivity contribution in [2.24, 2.45) is 0 Å². The Morgan fingerprint density at radius 1 is 0.952 bits per heavy atom. The molecule has 21 heavy (non-hydrogen) atoms. The largest absolute Gasteiger partial charge is 0.488 e. The fourth-order valence-corrected chi connectivity index (χ4v) is 1.91. The van der Waals surface area contributed by atoms with Gasteiger partial charge in [0.05, 0.1) is 0 Å². The quantitative estimate of drug-likeness (QED) is 0.614. The average Bonchev–Trinajstić information content (AvgIpc) is 2.52. The summed E-state index contributed by atoms with van der Waals surface area (Å²) in [6.45, 7) is 0.287. The molecule has 0 radical (unpaired) electrons. The third-order valence-electron chi connectivity index (χ3n) is 3.14. The van der Waals surface area contributed by atoms with Crippen molar-refractivity contribution in [3.05, 3.63) is 65.7 Å². The number of carbonyl (C=O) groups is 1. The van der Waals surface area contributed by atoms with Crippen LogP contribution in [0.3, 0.4) is 0 Å². The van der Waals surface area contributed by atoms with E-state index in [1.807, 2.05) is 30.3 Å². The second-order valence-corrected chi connectivity index (χ2v) is 4.76. The van der Waals surface area contributed by atoms with Gasteiger partial charge >= 0.3 is 13.1 Å². The SMILES string of the molecule is O=C(CCc1ccc(B(O)O)cc1)OCc1ccccc1. The van der Waals surface area contributed by atoms with Gasteiger partial charge in [-0.1, -0.05) is 54.6 Å². The van der Waals surface area contributed by atoms with Crippen LogP contribution < -0.4 is 5.46 Å². The minimum Gasteiger partial charge on any atom is -0.461 e. The molecular weight excluding hydrogens is 267 g/mol. The van der Waals surface area contributed by atoms with Gasteiger partial charge in [-0.3, -0.25) is 4.79 Å². The zero-order valence-corrected chi connectivity index (χ0v) is 11.6. The van der Waals surface area contributed by atoms with E-state index in [0.29, 0.717) is 18.3 Å². The van der Waals surface area contributed by atoms with Gasteiger partial charge in [-0.25, -0.2) is 0 Å². The molecule has 2 aromatic rings. The van der Waals surface area contributed by atoms with E-state index >= 15 is 0 Å². The molecule has 0 heterocycles. The molecular formula is C16H17BO4. The Bertz CT molecular complexity index is 567. The molecule has 0 aliphatic heterocycles. The maximum absolute atomic E-state index is 11.7. The molecule has 0 saturated carbocycles. The van der Waals surface area contributed by atoms with Crippen LogP contribution in [0, 0.1) is 0 Å². The van der Waals surface area contributed by atoms with Crippen molar-refractivity contribution >= 4 is 18.6 Å². The summed E-state index contributed by atoms with van der Waals surface area (Å²) < 4.78 is 5.19. The van der Waals surface area contributed by atoms with E-state index in [-0.39, 0.29) is 12.6 Å². The van der Waals surface area contributed by atoms with Crippen molar-refractivity contribution in [2.75, 3.05) is 0 Å². The number of hydrogen-bond donors (Lipinski definition) is 2. The Morgan fingerprint density at radius 2 is 1.62 bits per heavy atom. The molecule has 2 N–H and O–H groups in total. The average molecular weight is 284 g/mol. The van der Waals surface area contributed by atoms with Crippen molar-refractivity contribution in [2.45, 2.75) is 19.4 Å². The standard InChI is InChI=1S/C16H17BO4/c18-16(21-12-14-4-2-1-3-5-14)11-8-13-6-9-15(10-7-13)17(19)20/h1-7,9-10,19-20H,8,11-12H2. The number of ether oxygens (including phenoxy) is 1. The summed E-state index contributed by atoms with van der Waals surface area (Å²) in [5.74, 6) is -0.245. The molecule has 0 fully saturated rings. The van der Waals surface area contributed by atoms with Crippen molar-refractivity contribution in [3.8, 4) is 0 Å². The molecule has 0 aliphatic carbocycles. The maximum atomic E-state index is 11.7. The number of carbonyl (C=O) groups excluding carboxylic acids is 1. The van der Waals surface area contributed by atoms with Gasteiger partial charge in [-0.2, -0.15) is 0 Å². The zero-order valence-electron chi connectivity index (χ0n) is 11.6. The van der Waals surface area contributed by atoms with Gasteiger partial charge in [0.1, 0.15) is 6.61 Å².